The summed E-state index contributed by atoms with van der Waals surface area (Å²) in [5.74, 6) is 1.16. The van der Waals surface area contributed by atoms with Crippen LogP contribution in [0.2, 0.25) is 0 Å². The molecule has 20 heavy (non-hydrogen) atoms. The molecule has 0 aliphatic heterocycles. The highest BCUT2D eigenvalue weighted by Gasteiger charge is 2.36. The normalized spacial score (nSPS) is 21.3. The van der Waals surface area contributed by atoms with Crippen LogP contribution in [0, 0.1) is 0 Å². The van der Waals surface area contributed by atoms with E-state index in [1.54, 1.807) is 0 Å². The van der Waals surface area contributed by atoms with E-state index in [1.165, 1.54) is 74.5 Å². The van der Waals surface area contributed by atoms with Gasteiger partial charge in [-0.1, -0.05) is 31.4 Å². The van der Waals surface area contributed by atoms with E-state index in [2.05, 4.69) is 12.1 Å². The second kappa shape index (κ2) is 5.77. The molecule has 3 rings (SSSR count). The topological polar surface area (TPSA) is 35.2 Å². The number of aryl methyl sites for hydroxylation is 1. The number of rotatable bonds is 3. The minimum Gasteiger partial charge on any atom is -0.496 e. The largest absolute Gasteiger partial charge is 0.496 e. The smallest absolute Gasteiger partial charge is 0.126 e. The van der Waals surface area contributed by atoms with E-state index in [1.807, 2.05) is 7.11 Å². The molecular weight excluding hydrogens is 246 g/mol. The summed E-state index contributed by atoms with van der Waals surface area (Å²) < 4.78 is 5.87. The molecule has 0 heterocycles. The molecule has 1 aromatic rings. The van der Waals surface area contributed by atoms with Crippen LogP contribution < -0.4 is 10.5 Å². The Hall–Kier alpha value is -1.02. The van der Waals surface area contributed by atoms with Gasteiger partial charge < -0.3 is 10.5 Å². The Morgan fingerprint density at radius 3 is 2.50 bits per heavy atom. The number of methoxy groups -OCH3 is 1. The lowest BCUT2D eigenvalue weighted by Gasteiger charge is -2.38. The number of hydrogen-bond donors (Lipinski definition) is 1. The van der Waals surface area contributed by atoms with Gasteiger partial charge in [0.05, 0.1) is 7.11 Å². The molecule has 110 valence electrons. The van der Waals surface area contributed by atoms with Crippen LogP contribution in [0.5, 0.6) is 5.75 Å². The fourth-order valence-electron chi connectivity index (χ4n) is 4.26. The summed E-state index contributed by atoms with van der Waals surface area (Å²) >= 11 is 0. The Bertz CT molecular complexity index is 475. The summed E-state index contributed by atoms with van der Waals surface area (Å²) in [4.78, 5) is 0. The van der Waals surface area contributed by atoms with Gasteiger partial charge in [0, 0.05) is 17.5 Å². The highest BCUT2D eigenvalue weighted by atomic mass is 16.5. The van der Waals surface area contributed by atoms with Crippen LogP contribution in [0.25, 0.3) is 0 Å². The van der Waals surface area contributed by atoms with Crippen LogP contribution in [-0.2, 0) is 18.3 Å². The van der Waals surface area contributed by atoms with Crippen molar-refractivity contribution in [3.63, 3.8) is 0 Å². The van der Waals surface area contributed by atoms with Gasteiger partial charge in [-0.05, 0) is 49.7 Å². The molecule has 0 amide bonds. The van der Waals surface area contributed by atoms with Gasteiger partial charge in [0.25, 0.3) is 0 Å². The van der Waals surface area contributed by atoms with Crippen molar-refractivity contribution in [1.82, 2.24) is 0 Å². The molecule has 0 atom stereocenters. The summed E-state index contributed by atoms with van der Waals surface area (Å²) in [6, 6.07) is 4.67. The average Bonchev–Trinajstić information content (AvgIpc) is 2.54. The summed E-state index contributed by atoms with van der Waals surface area (Å²) in [5, 5.41) is 0. The predicted molar refractivity (Wildman–Crippen MR) is 83.5 cm³/mol. The molecule has 1 saturated carbocycles. The van der Waals surface area contributed by atoms with Gasteiger partial charge in [0.1, 0.15) is 5.75 Å². The second-order valence-electron chi connectivity index (χ2n) is 6.54. The standard InChI is InChI=1S/C18H27NO/c1-20-17-15-8-4-3-7-14(15)9-10-16(17)18(13-19)11-5-2-6-12-18/h9-10H,2-8,11-13,19H2,1H3. The Kier molecular flexibility index (Phi) is 4.02. The van der Waals surface area contributed by atoms with Crippen molar-refractivity contribution in [2.45, 2.75) is 63.2 Å². The number of ether oxygens (including phenoxy) is 1. The zero-order valence-electron chi connectivity index (χ0n) is 12.7. The molecule has 2 aliphatic carbocycles. The van der Waals surface area contributed by atoms with Crippen LogP contribution in [0.3, 0.4) is 0 Å². The van der Waals surface area contributed by atoms with Crippen molar-refractivity contribution in [2.24, 2.45) is 5.73 Å². The van der Waals surface area contributed by atoms with Crippen molar-refractivity contribution in [2.75, 3.05) is 13.7 Å². The van der Waals surface area contributed by atoms with Crippen molar-refractivity contribution in [3.05, 3.63) is 28.8 Å². The molecular formula is C18H27NO. The van der Waals surface area contributed by atoms with E-state index in [4.69, 9.17) is 10.5 Å². The first-order valence-electron chi connectivity index (χ1n) is 8.20. The van der Waals surface area contributed by atoms with Crippen molar-refractivity contribution < 1.29 is 4.74 Å². The first-order chi connectivity index (χ1) is 9.80. The molecule has 1 aromatic carbocycles. The lowest BCUT2D eigenvalue weighted by atomic mass is 9.68. The van der Waals surface area contributed by atoms with Gasteiger partial charge in [0.15, 0.2) is 0 Å². The third-order valence-electron chi connectivity index (χ3n) is 5.46. The Morgan fingerprint density at radius 1 is 1.05 bits per heavy atom. The fourth-order valence-corrected chi connectivity index (χ4v) is 4.26. The fraction of sp³-hybridized carbons (Fsp3) is 0.667. The van der Waals surface area contributed by atoms with Gasteiger partial charge in [-0.2, -0.15) is 0 Å². The van der Waals surface area contributed by atoms with Crippen LogP contribution in [0.4, 0.5) is 0 Å². The number of benzene rings is 1. The summed E-state index contributed by atoms with van der Waals surface area (Å²) in [5.41, 5.74) is 10.7. The van der Waals surface area contributed by atoms with Gasteiger partial charge in [-0.25, -0.2) is 0 Å². The van der Waals surface area contributed by atoms with E-state index in [-0.39, 0.29) is 5.41 Å². The molecule has 1 fully saturated rings. The predicted octanol–water partition coefficient (Wildman–Crippen LogP) is 3.73. The number of nitrogens with two attached hydrogens (primary N) is 1. The molecule has 2 nitrogen and oxygen atoms in total. The highest BCUT2D eigenvalue weighted by molar-refractivity contribution is 5.51. The molecule has 0 radical (unpaired) electrons. The maximum atomic E-state index is 6.21. The molecule has 0 aromatic heterocycles. The number of fused-ring (bicyclic) bond motifs is 1. The van der Waals surface area contributed by atoms with E-state index in [0.29, 0.717) is 0 Å². The van der Waals surface area contributed by atoms with Crippen LogP contribution >= 0.6 is 0 Å². The van der Waals surface area contributed by atoms with Crippen LogP contribution in [0.15, 0.2) is 12.1 Å². The van der Waals surface area contributed by atoms with Gasteiger partial charge in [0.2, 0.25) is 0 Å². The molecule has 0 bridgehead atoms. The zero-order chi connectivity index (χ0) is 14.0. The second-order valence-corrected chi connectivity index (χ2v) is 6.54. The van der Waals surface area contributed by atoms with Gasteiger partial charge >= 0.3 is 0 Å². The van der Waals surface area contributed by atoms with Gasteiger partial charge in [-0.3, -0.25) is 0 Å². The zero-order valence-corrected chi connectivity index (χ0v) is 12.7. The Labute approximate surface area is 122 Å². The quantitative estimate of drug-likeness (QED) is 0.910. The van der Waals surface area contributed by atoms with Crippen molar-refractivity contribution in [1.29, 1.82) is 0 Å². The van der Waals surface area contributed by atoms with E-state index in [9.17, 15) is 0 Å². The van der Waals surface area contributed by atoms with Crippen LogP contribution in [-0.4, -0.2) is 13.7 Å². The molecule has 2 heteroatoms. The lowest BCUT2D eigenvalue weighted by Crippen LogP contribution is -2.37. The van der Waals surface area contributed by atoms with Crippen molar-refractivity contribution in [3.8, 4) is 5.75 Å². The Morgan fingerprint density at radius 2 is 1.80 bits per heavy atom. The maximum absolute atomic E-state index is 6.21. The Balaban J connectivity index is 2.08. The monoisotopic (exact) mass is 273 g/mol. The minimum atomic E-state index is 0.163. The molecule has 0 unspecified atom stereocenters. The first-order valence-corrected chi connectivity index (χ1v) is 8.20. The summed E-state index contributed by atoms with van der Waals surface area (Å²) in [6.45, 7) is 0.752. The molecule has 2 aliphatic rings. The van der Waals surface area contributed by atoms with Gasteiger partial charge in [-0.15, -0.1) is 0 Å². The van der Waals surface area contributed by atoms with Crippen LogP contribution in [0.1, 0.15) is 61.6 Å². The molecule has 0 saturated heterocycles. The summed E-state index contributed by atoms with van der Waals surface area (Å²) in [6.07, 6.45) is 11.4. The third kappa shape index (κ3) is 2.24. The molecule has 2 N–H and O–H groups in total. The van der Waals surface area contributed by atoms with E-state index < -0.39 is 0 Å². The lowest BCUT2D eigenvalue weighted by molar-refractivity contribution is 0.286. The summed E-state index contributed by atoms with van der Waals surface area (Å²) in [7, 11) is 1.83. The van der Waals surface area contributed by atoms with E-state index >= 15 is 0 Å². The average molecular weight is 273 g/mol. The number of hydrogen-bond acceptors (Lipinski definition) is 2. The maximum Gasteiger partial charge on any atom is 0.126 e. The third-order valence-corrected chi connectivity index (χ3v) is 5.46. The van der Waals surface area contributed by atoms with E-state index in [0.717, 1.165) is 12.3 Å². The highest BCUT2D eigenvalue weighted by Crippen LogP contribution is 2.45. The van der Waals surface area contributed by atoms with Crippen molar-refractivity contribution >= 4 is 0 Å². The minimum absolute atomic E-state index is 0.163. The molecule has 0 spiro atoms. The first kappa shape index (κ1) is 13.9. The SMILES string of the molecule is COc1c(C2(CN)CCCCC2)ccc2c1CCCC2.